The van der Waals surface area contributed by atoms with Crippen molar-refractivity contribution >= 4 is 0 Å². The third kappa shape index (κ3) is 4.60. The Morgan fingerprint density at radius 2 is 2.37 bits per heavy atom. The van der Waals surface area contributed by atoms with Gasteiger partial charge in [0, 0.05) is 25.8 Å². The normalized spacial score (nSPS) is 19.4. The van der Waals surface area contributed by atoms with Crippen molar-refractivity contribution in [2.45, 2.75) is 45.9 Å². The Kier molecular flexibility index (Phi) is 5.82. The smallest absolute Gasteiger partial charge is 0.151 e. The minimum absolute atomic E-state index is 0.393. The van der Waals surface area contributed by atoms with Crippen molar-refractivity contribution in [3.05, 3.63) is 17.5 Å². The third-order valence-corrected chi connectivity index (χ3v) is 3.48. The van der Waals surface area contributed by atoms with Crippen LogP contribution in [-0.2, 0) is 17.8 Å². The molecule has 1 N–H and O–H groups in total. The highest BCUT2D eigenvalue weighted by Gasteiger charge is 2.19. The maximum Gasteiger partial charge on any atom is 0.151 e. The van der Waals surface area contributed by atoms with Gasteiger partial charge in [0.2, 0.25) is 0 Å². The van der Waals surface area contributed by atoms with Crippen molar-refractivity contribution in [3.8, 4) is 0 Å². The predicted molar refractivity (Wildman–Crippen MR) is 73.8 cm³/mol. The van der Waals surface area contributed by atoms with E-state index in [1.165, 1.54) is 12.8 Å². The van der Waals surface area contributed by atoms with E-state index in [0.29, 0.717) is 6.10 Å². The van der Waals surface area contributed by atoms with Gasteiger partial charge in [0.25, 0.3) is 0 Å². The third-order valence-electron chi connectivity index (χ3n) is 3.48. The molecule has 5 heteroatoms. The highest BCUT2D eigenvalue weighted by atomic mass is 16.5. The van der Waals surface area contributed by atoms with Gasteiger partial charge in [-0.3, -0.25) is 4.90 Å². The van der Waals surface area contributed by atoms with Crippen molar-refractivity contribution in [2.24, 2.45) is 0 Å². The molecule has 0 bridgehead atoms. The van der Waals surface area contributed by atoms with E-state index in [-0.39, 0.29) is 0 Å². The molecule has 2 heterocycles. The summed E-state index contributed by atoms with van der Waals surface area (Å²) in [5, 5.41) is 7.33. The number of nitrogens with zero attached hydrogens (tertiary/aromatic N) is 2. The first-order valence-corrected chi connectivity index (χ1v) is 7.31. The molecule has 1 aliphatic heterocycles. The van der Waals surface area contributed by atoms with Gasteiger partial charge in [-0.1, -0.05) is 19.0 Å². The molecule has 0 spiro atoms. The number of nitrogens with one attached hydrogen (secondary N) is 1. The van der Waals surface area contributed by atoms with Crippen LogP contribution in [0.1, 0.15) is 38.1 Å². The number of aromatic nitrogens is 1. The van der Waals surface area contributed by atoms with Crippen LogP contribution in [0.4, 0.5) is 0 Å². The summed E-state index contributed by atoms with van der Waals surface area (Å²) in [6.45, 7) is 9.70. The van der Waals surface area contributed by atoms with Crippen LogP contribution in [0.3, 0.4) is 0 Å². The quantitative estimate of drug-likeness (QED) is 0.778. The Hall–Kier alpha value is -0.910. The second kappa shape index (κ2) is 7.62. The summed E-state index contributed by atoms with van der Waals surface area (Å²) in [6, 6.07) is 2.04. The molecular weight excluding hydrogens is 242 g/mol. The zero-order valence-electron chi connectivity index (χ0n) is 12.0. The molecule has 1 aliphatic rings. The first-order chi connectivity index (χ1) is 9.31. The van der Waals surface area contributed by atoms with Gasteiger partial charge in [0.05, 0.1) is 18.3 Å². The largest absolute Gasteiger partial charge is 0.377 e. The Morgan fingerprint density at radius 3 is 3.05 bits per heavy atom. The van der Waals surface area contributed by atoms with Crippen LogP contribution in [0, 0.1) is 0 Å². The molecule has 1 saturated heterocycles. The number of hydrogen-bond donors (Lipinski definition) is 1. The molecule has 1 atom stereocenters. The van der Waals surface area contributed by atoms with E-state index < -0.39 is 0 Å². The fourth-order valence-corrected chi connectivity index (χ4v) is 2.37. The summed E-state index contributed by atoms with van der Waals surface area (Å²) in [5.74, 6) is 0.938. The average molecular weight is 267 g/mol. The van der Waals surface area contributed by atoms with Crippen LogP contribution < -0.4 is 5.32 Å². The van der Waals surface area contributed by atoms with Gasteiger partial charge in [-0.25, -0.2) is 0 Å². The van der Waals surface area contributed by atoms with Crippen molar-refractivity contribution in [1.29, 1.82) is 0 Å². The van der Waals surface area contributed by atoms with Crippen molar-refractivity contribution in [1.82, 2.24) is 15.4 Å². The van der Waals surface area contributed by atoms with E-state index in [4.69, 9.17) is 9.26 Å². The summed E-state index contributed by atoms with van der Waals surface area (Å²) in [7, 11) is 0. The van der Waals surface area contributed by atoms with Crippen molar-refractivity contribution < 1.29 is 9.26 Å². The van der Waals surface area contributed by atoms with E-state index in [1.54, 1.807) is 0 Å². The zero-order valence-corrected chi connectivity index (χ0v) is 12.0. The molecule has 0 radical (unpaired) electrons. The maximum atomic E-state index is 5.68. The summed E-state index contributed by atoms with van der Waals surface area (Å²) in [4.78, 5) is 2.35. The van der Waals surface area contributed by atoms with E-state index in [1.807, 2.05) is 6.07 Å². The lowest BCUT2D eigenvalue weighted by Crippen LogP contribution is -2.31. The van der Waals surface area contributed by atoms with Gasteiger partial charge in [0.15, 0.2) is 5.76 Å². The Labute approximate surface area is 115 Å². The molecule has 1 aromatic heterocycles. The lowest BCUT2D eigenvalue weighted by molar-refractivity contribution is 0.0695. The van der Waals surface area contributed by atoms with E-state index >= 15 is 0 Å². The number of likely N-dealkylation sites (N-methyl/N-ethyl adjacent to an activating group) is 1. The minimum Gasteiger partial charge on any atom is -0.377 e. The lowest BCUT2D eigenvalue weighted by Gasteiger charge is -2.22. The van der Waals surface area contributed by atoms with Gasteiger partial charge in [-0.15, -0.1) is 0 Å². The Bertz CT molecular complexity index is 361. The summed E-state index contributed by atoms with van der Waals surface area (Å²) in [5.41, 5.74) is 0.977. The lowest BCUT2D eigenvalue weighted by atomic mass is 10.2. The average Bonchev–Trinajstić information content (AvgIpc) is 3.07. The SMILES string of the molecule is CCNCc1cc(CN(CC)CC2CCCO2)on1. The molecule has 1 aromatic rings. The van der Waals surface area contributed by atoms with Gasteiger partial charge in [-0.05, 0) is 25.9 Å². The Balaban J connectivity index is 1.81. The van der Waals surface area contributed by atoms with Crippen LogP contribution in [0.25, 0.3) is 0 Å². The Morgan fingerprint density at radius 1 is 1.47 bits per heavy atom. The summed E-state index contributed by atoms with van der Waals surface area (Å²) < 4.78 is 11.1. The molecule has 0 amide bonds. The van der Waals surface area contributed by atoms with Crippen LogP contribution in [-0.4, -0.2) is 42.4 Å². The van der Waals surface area contributed by atoms with Crippen LogP contribution >= 0.6 is 0 Å². The molecular formula is C14H25N3O2. The van der Waals surface area contributed by atoms with Gasteiger partial charge >= 0.3 is 0 Å². The first-order valence-electron chi connectivity index (χ1n) is 7.31. The summed E-state index contributed by atoms with van der Waals surface area (Å²) in [6.07, 6.45) is 2.76. The standard InChI is InChI=1S/C14H25N3O2/c1-3-15-9-12-8-14(19-16-12)11-17(4-2)10-13-6-5-7-18-13/h8,13,15H,3-7,9-11H2,1-2H3. The minimum atomic E-state index is 0.393. The zero-order chi connectivity index (χ0) is 13.5. The second-order valence-electron chi connectivity index (χ2n) is 5.03. The van der Waals surface area contributed by atoms with Gasteiger partial charge < -0.3 is 14.6 Å². The highest BCUT2D eigenvalue weighted by molar-refractivity contribution is 5.05. The first kappa shape index (κ1) is 14.5. The fourth-order valence-electron chi connectivity index (χ4n) is 2.37. The highest BCUT2D eigenvalue weighted by Crippen LogP contribution is 2.15. The van der Waals surface area contributed by atoms with Crippen molar-refractivity contribution in [3.63, 3.8) is 0 Å². The topological polar surface area (TPSA) is 50.5 Å². The number of rotatable bonds is 8. The van der Waals surface area contributed by atoms with E-state index in [2.05, 4.69) is 29.2 Å². The van der Waals surface area contributed by atoms with E-state index in [0.717, 1.165) is 50.8 Å². The fraction of sp³-hybridized carbons (Fsp3) is 0.786. The molecule has 0 aliphatic carbocycles. The molecule has 108 valence electrons. The van der Waals surface area contributed by atoms with Gasteiger partial charge in [-0.2, -0.15) is 0 Å². The molecule has 0 saturated carbocycles. The number of ether oxygens (including phenoxy) is 1. The van der Waals surface area contributed by atoms with Crippen molar-refractivity contribution in [2.75, 3.05) is 26.2 Å². The molecule has 1 unspecified atom stereocenters. The molecule has 2 rings (SSSR count). The molecule has 5 nitrogen and oxygen atoms in total. The van der Waals surface area contributed by atoms with Crippen LogP contribution in [0.15, 0.2) is 10.6 Å². The van der Waals surface area contributed by atoms with Crippen LogP contribution in [0.5, 0.6) is 0 Å². The van der Waals surface area contributed by atoms with Gasteiger partial charge in [0.1, 0.15) is 0 Å². The second-order valence-corrected chi connectivity index (χ2v) is 5.03. The van der Waals surface area contributed by atoms with E-state index in [9.17, 15) is 0 Å². The monoisotopic (exact) mass is 267 g/mol. The summed E-state index contributed by atoms with van der Waals surface area (Å²) >= 11 is 0. The molecule has 1 fully saturated rings. The molecule has 0 aromatic carbocycles. The predicted octanol–water partition coefficient (Wildman–Crippen LogP) is 1.79. The van der Waals surface area contributed by atoms with Crippen LogP contribution in [0.2, 0.25) is 0 Å². The number of hydrogen-bond acceptors (Lipinski definition) is 5. The molecule has 19 heavy (non-hydrogen) atoms. The maximum absolute atomic E-state index is 5.68.